The van der Waals surface area contributed by atoms with E-state index in [-0.39, 0.29) is 0 Å². The highest BCUT2D eigenvalue weighted by Gasteiger charge is 2.34. The molecule has 2 fully saturated rings. The highest BCUT2D eigenvalue weighted by molar-refractivity contribution is 6.29. The molecule has 1 saturated carbocycles. The number of aromatic nitrogens is 1. The topological polar surface area (TPSA) is 52.6 Å². The van der Waals surface area contributed by atoms with Gasteiger partial charge in [0, 0.05) is 38.9 Å². The predicted molar refractivity (Wildman–Crippen MR) is 95.0 cm³/mol. The highest BCUT2D eigenvalue weighted by atomic mass is 35.5. The fraction of sp³-hybridized carbons (Fsp3) is 0.647. The Hall–Kier alpha value is -1.33. The Morgan fingerprint density at radius 2 is 2.22 bits per heavy atom. The molecule has 1 unspecified atom stereocenters. The fourth-order valence-corrected chi connectivity index (χ4v) is 3.25. The van der Waals surface area contributed by atoms with Crippen LogP contribution in [-0.2, 0) is 6.42 Å². The largest absolute Gasteiger partial charge is 0.356 e. The molecular formula is C17H26ClN5. The summed E-state index contributed by atoms with van der Waals surface area (Å²) in [5.41, 5.74) is 1.17. The number of hydrogen-bond donors (Lipinski definition) is 2. The van der Waals surface area contributed by atoms with E-state index in [2.05, 4.69) is 25.5 Å². The molecule has 1 aliphatic heterocycles. The smallest absolute Gasteiger partial charge is 0.190 e. The van der Waals surface area contributed by atoms with Gasteiger partial charge in [-0.3, -0.25) is 4.99 Å². The van der Waals surface area contributed by atoms with Crippen molar-refractivity contribution in [1.82, 2.24) is 20.5 Å². The van der Waals surface area contributed by atoms with Gasteiger partial charge in [0.25, 0.3) is 0 Å². The van der Waals surface area contributed by atoms with Crippen molar-refractivity contribution in [3.8, 4) is 0 Å². The number of hydrogen-bond acceptors (Lipinski definition) is 3. The minimum absolute atomic E-state index is 0.538. The van der Waals surface area contributed by atoms with E-state index in [4.69, 9.17) is 11.6 Å². The van der Waals surface area contributed by atoms with Crippen molar-refractivity contribution in [3.63, 3.8) is 0 Å². The molecule has 5 nitrogen and oxygen atoms in total. The second-order valence-corrected chi connectivity index (χ2v) is 6.89. The van der Waals surface area contributed by atoms with E-state index in [0.29, 0.717) is 5.15 Å². The molecule has 1 aliphatic carbocycles. The molecule has 2 aliphatic rings. The van der Waals surface area contributed by atoms with E-state index < -0.39 is 0 Å². The van der Waals surface area contributed by atoms with Crippen LogP contribution in [0.3, 0.4) is 0 Å². The van der Waals surface area contributed by atoms with E-state index in [1.807, 2.05) is 25.4 Å². The van der Waals surface area contributed by atoms with Gasteiger partial charge in [0.1, 0.15) is 5.15 Å². The summed E-state index contributed by atoms with van der Waals surface area (Å²) in [4.78, 5) is 11.1. The lowest BCUT2D eigenvalue weighted by molar-refractivity contribution is 0.314. The number of rotatable bonds is 6. The predicted octanol–water partition coefficient (Wildman–Crippen LogP) is 1.93. The molecule has 0 amide bonds. The van der Waals surface area contributed by atoms with Crippen LogP contribution in [0.2, 0.25) is 5.15 Å². The zero-order chi connectivity index (χ0) is 16.1. The van der Waals surface area contributed by atoms with E-state index >= 15 is 0 Å². The molecule has 3 rings (SSSR count). The van der Waals surface area contributed by atoms with E-state index in [1.165, 1.54) is 37.9 Å². The second-order valence-electron chi connectivity index (χ2n) is 6.50. The van der Waals surface area contributed by atoms with Gasteiger partial charge in [0.15, 0.2) is 5.96 Å². The quantitative estimate of drug-likeness (QED) is 0.474. The Kier molecular flexibility index (Phi) is 5.73. The molecular weight excluding hydrogens is 310 g/mol. The van der Waals surface area contributed by atoms with Crippen molar-refractivity contribution in [1.29, 1.82) is 0 Å². The first-order valence-corrected chi connectivity index (χ1v) is 8.91. The molecule has 2 heterocycles. The van der Waals surface area contributed by atoms with Gasteiger partial charge in [-0.25, -0.2) is 4.98 Å². The standard InChI is InChI=1S/C17H26ClN5/c1-19-17(20-8-6-13-2-5-16(18)21-10-13)22-11-14-7-9-23(12-14)15-3-4-15/h2,5,10,14-15H,3-4,6-9,11-12H2,1H3,(H2,19,20,22). The summed E-state index contributed by atoms with van der Waals surface area (Å²) >= 11 is 5.80. The number of halogens is 1. The lowest BCUT2D eigenvalue weighted by Crippen LogP contribution is -2.41. The Balaban J connectivity index is 1.34. The van der Waals surface area contributed by atoms with Crippen LogP contribution in [0, 0.1) is 5.92 Å². The molecule has 1 atom stereocenters. The van der Waals surface area contributed by atoms with Gasteiger partial charge in [-0.2, -0.15) is 0 Å². The zero-order valence-electron chi connectivity index (χ0n) is 13.8. The van der Waals surface area contributed by atoms with Crippen molar-refractivity contribution in [3.05, 3.63) is 29.0 Å². The minimum Gasteiger partial charge on any atom is -0.356 e. The summed E-state index contributed by atoms with van der Waals surface area (Å²) < 4.78 is 0. The molecule has 126 valence electrons. The Morgan fingerprint density at radius 3 is 2.91 bits per heavy atom. The van der Waals surface area contributed by atoms with Gasteiger partial charge < -0.3 is 15.5 Å². The Morgan fingerprint density at radius 1 is 1.35 bits per heavy atom. The van der Waals surface area contributed by atoms with E-state index in [1.54, 1.807) is 0 Å². The third-order valence-corrected chi connectivity index (χ3v) is 4.88. The van der Waals surface area contributed by atoms with Crippen molar-refractivity contribution in [2.45, 2.75) is 31.7 Å². The molecule has 1 aromatic heterocycles. The number of aliphatic imine (C=N–C) groups is 1. The first kappa shape index (κ1) is 16.5. The first-order valence-electron chi connectivity index (χ1n) is 8.53. The maximum atomic E-state index is 5.80. The number of nitrogens with zero attached hydrogens (tertiary/aromatic N) is 3. The Labute approximate surface area is 143 Å². The molecule has 0 spiro atoms. The number of nitrogens with one attached hydrogen (secondary N) is 2. The summed E-state index contributed by atoms with van der Waals surface area (Å²) in [7, 11) is 1.82. The second kappa shape index (κ2) is 7.97. The fourth-order valence-electron chi connectivity index (χ4n) is 3.14. The van der Waals surface area contributed by atoms with Gasteiger partial charge >= 0.3 is 0 Å². The molecule has 6 heteroatoms. The van der Waals surface area contributed by atoms with Crippen LogP contribution in [0.4, 0.5) is 0 Å². The third-order valence-electron chi connectivity index (χ3n) is 4.66. The lowest BCUT2D eigenvalue weighted by atomic mass is 10.1. The molecule has 0 aromatic carbocycles. The minimum atomic E-state index is 0.538. The van der Waals surface area contributed by atoms with Crippen LogP contribution >= 0.6 is 11.6 Å². The van der Waals surface area contributed by atoms with Crippen molar-refractivity contribution < 1.29 is 0 Å². The molecule has 2 N–H and O–H groups in total. The molecule has 0 bridgehead atoms. The Bertz CT molecular complexity index is 526. The van der Waals surface area contributed by atoms with Crippen LogP contribution in [0.1, 0.15) is 24.8 Å². The summed E-state index contributed by atoms with van der Waals surface area (Å²) in [6.07, 6.45) is 6.84. The summed E-state index contributed by atoms with van der Waals surface area (Å²) in [6, 6.07) is 4.74. The highest BCUT2D eigenvalue weighted by Crippen LogP contribution is 2.31. The summed E-state index contributed by atoms with van der Waals surface area (Å²) in [6.45, 7) is 4.35. The summed E-state index contributed by atoms with van der Waals surface area (Å²) in [5.74, 6) is 1.63. The van der Waals surface area contributed by atoms with Crippen molar-refractivity contribution in [2.75, 3.05) is 33.2 Å². The summed E-state index contributed by atoms with van der Waals surface area (Å²) in [5, 5.41) is 7.37. The number of likely N-dealkylation sites (tertiary alicyclic amines) is 1. The average Bonchev–Trinajstić information content (AvgIpc) is 3.31. The van der Waals surface area contributed by atoms with Crippen LogP contribution in [0.25, 0.3) is 0 Å². The normalized spacial score (nSPS) is 22.3. The zero-order valence-corrected chi connectivity index (χ0v) is 14.5. The van der Waals surface area contributed by atoms with Gasteiger partial charge in [-0.15, -0.1) is 0 Å². The van der Waals surface area contributed by atoms with Gasteiger partial charge in [0.05, 0.1) is 0 Å². The van der Waals surface area contributed by atoms with Gasteiger partial charge in [0.2, 0.25) is 0 Å². The maximum Gasteiger partial charge on any atom is 0.190 e. The van der Waals surface area contributed by atoms with Crippen molar-refractivity contribution >= 4 is 17.6 Å². The first-order chi connectivity index (χ1) is 11.2. The van der Waals surface area contributed by atoms with Gasteiger partial charge in [-0.05, 0) is 49.8 Å². The van der Waals surface area contributed by atoms with Crippen molar-refractivity contribution in [2.24, 2.45) is 10.9 Å². The maximum absolute atomic E-state index is 5.80. The molecule has 23 heavy (non-hydrogen) atoms. The SMILES string of the molecule is CN=C(NCCc1ccc(Cl)nc1)NCC1CCN(C2CC2)C1. The monoisotopic (exact) mass is 335 g/mol. The average molecular weight is 336 g/mol. The molecule has 1 saturated heterocycles. The van der Waals surface area contributed by atoms with E-state index in [0.717, 1.165) is 37.4 Å². The van der Waals surface area contributed by atoms with Crippen LogP contribution in [0.5, 0.6) is 0 Å². The number of pyridine rings is 1. The van der Waals surface area contributed by atoms with Gasteiger partial charge in [-0.1, -0.05) is 17.7 Å². The third kappa shape index (κ3) is 5.08. The lowest BCUT2D eigenvalue weighted by Gasteiger charge is -2.17. The van der Waals surface area contributed by atoms with Crippen LogP contribution in [-0.4, -0.2) is 55.1 Å². The number of guanidine groups is 1. The molecule has 0 radical (unpaired) electrons. The van der Waals surface area contributed by atoms with Crippen LogP contribution < -0.4 is 10.6 Å². The van der Waals surface area contributed by atoms with E-state index in [9.17, 15) is 0 Å². The molecule has 1 aromatic rings. The van der Waals surface area contributed by atoms with Crippen LogP contribution in [0.15, 0.2) is 23.3 Å².